The van der Waals surface area contributed by atoms with Crippen molar-refractivity contribution in [3.8, 4) is 5.75 Å². The van der Waals surface area contributed by atoms with Crippen LogP contribution in [0.2, 0.25) is 0 Å². The Morgan fingerprint density at radius 3 is 2.51 bits per heavy atom. The minimum atomic E-state index is -0.913. The molecule has 3 unspecified atom stereocenters. The topological polar surface area (TPSA) is 106 Å². The average molecular weight is 585 g/mol. The molecule has 0 aliphatic carbocycles. The molecule has 0 aromatic heterocycles. The maximum absolute atomic E-state index is 14.5. The number of urea groups is 1. The molecule has 1 spiro atoms. The van der Waals surface area contributed by atoms with Crippen LogP contribution in [0.4, 0.5) is 16.2 Å². The van der Waals surface area contributed by atoms with Gasteiger partial charge in [-0.1, -0.05) is 36.4 Å². The molecule has 10 nitrogen and oxygen atoms in total. The van der Waals surface area contributed by atoms with Crippen molar-refractivity contribution < 1.29 is 19.4 Å². The summed E-state index contributed by atoms with van der Waals surface area (Å²) < 4.78 is 5.50. The molecular formula is C33H40N6O4. The van der Waals surface area contributed by atoms with Gasteiger partial charge in [-0.2, -0.15) is 0 Å². The number of rotatable bonds is 7. The van der Waals surface area contributed by atoms with Crippen LogP contribution in [0.1, 0.15) is 23.6 Å². The van der Waals surface area contributed by atoms with Crippen molar-refractivity contribution in [3.05, 3.63) is 65.7 Å². The summed E-state index contributed by atoms with van der Waals surface area (Å²) in [5.41, 5.74) is 8.42. The summed E-state index contributed by atoms with van der Waals surface area (Å²) >= 11 is 0. The van der Waals surface area contributed by atoms with E-state index >= 15 is 0 Å². The lowest BCUT2D eigenvalue weighted by Crippen LogP contribution is -2.51. The number of morpholine rings is 1. The number of likely N-dealkylation sites (tertiary alicyclic amines) is 1. The number of amides is 3. The highest BCUT2D eigenvalue weighted by atomic mass is 16.5. The van der Waals surface area contributed by atoms with Crippen LogP contribution < -0.4 is 10.6 Å². The van der Waals surface area contributed by atoms with Crippen molar-refractivity contribution in [1.82, 2.24) is 19.6 Å². The van der Waals surface area contributed by atoms with Gasteiger partial charge in [0.15, 0.2) is 0 Å². The molecule has 4 saturated heterocycles. The predicted octanol–water partition coefficient (Wildman–Crippen LogP) is 3.11. The van der Waals surface area contributed by atoms with Gasteiger partial charge in [0, 0.05) is 76.9 Å². The molecule has 4 aliphatic heterocycles. The zero-order valence-corrected chi connectivity index (χ0v) is 24.9. The highest BCUT2D eigenvalue weighted by molar-refractivity contribution is 6.09. The Labute approximate surface area is 252 Å². The number of nitrogens with two attached hydrogens (primary N) is 1. The fourth-order valence-electron chi connectivity index (χ4n) is 7.88. The number of hydrogen-bond acceptors (Lipinski definition) is 8. The van der Waals surface area contributed by atoms with E-state index in [9.17, 15) is 14.7 Å². The fraction of sp³-hybridized carbons (Fsp3) is 0.455. The molecule has 4 heterocycles. The van der Waals surface area contributed by atoms with Crippen molar-refractivity contribution in [1.29, 1.82) is 0 Å². The van der Waals surface area contributed by atoms with E-state index in [1.54, 1.807) is 12.1 Å². The summed E-state index contributed by atoms with van der Waals surface area (Å²) in [6.07, 6.45) is 0.726. The van der Waals surface area contributed by atoms with E-state index in [0.29, 0.717) is 51.6 Å². The highest BCUT2D eigenvalue weighted by Gasteiger charge is 2.70. The fourth-order valence-corrected chi connectivity index (χ4v) is 7.88. The number of anilines is 2. The molecule has 3 aromatic carbocycles. The minimum Gasteiger partial charge on any atom is -0.506 e. The molecule has 0 radical (unpaired) electrons. The maximum atomic E-state index is 14.5. The molecule has 10 heteroatoms. The van der Waals surface area contributed by atoms with Crippen LogP contribution in [0.3, 0.4) is 0 Å². The summed E-state index contributed by atoms with van der Waals surface area (Å²) in [6, 6.07) is 17.6. The van der Waals surface area contributed by atoms with Gasteiger partial charge >= 0.3 is 6.03 Å². The molecule has 0 saturated carbocycles. The smallest absolute Gasteiger partial charge is 0.328 e. The number of phenolic OH excluding ortho intramolecular Hbond substituents is 1. The monoisotopic (exact) mass is 584 g/mol. The van der Waals surface area contributed by atoms with Crippen molar-refractivity contribution in [3.63, 3.8) is 0 Å². The van der Waals surface area contributed by atoms with Crippen LogP contribution in [0.15, 0.2) is 54.6 Å². The average Bonchev–Trinajstić information content (AvgIpc) is 3.58. The first-order valence-corrected chi connectivity index (χ1v) is 15.2. The van der Waals surface area contributed by atoms with Crippen LogP contribution >= 0.6 is 0 Å². The van der Waals surface area contributed by atoms with Gasteiger partial charge < -0.3 is 25.4 Å². The summed E-state index contributed by atoms with van der Waals surface area (Å²) in [5, 5.41) is 12.5. The number of carbonyl (C=O) groups excluding carboxylic acids is 2. The Balaban J connectivity index is 1.24. The van der Waals surface area contributed by atoms with Crippen molar-refractivity contribution in [2.24, 2.45) is 5.92 Å². The van der Waals surface area contributed by atoms with E-state index in [0.717, 1.165) is 47.1 Å². The quantitative estimate of drug-likeness (QED) is 0.248. The molecule has 3 N–H and O–H groups in total. The molecule has 3 aromatic rings. The van der Waals surface area contributed by atoms with E-state index in [4.69, 9.17) is 10.5 Å². The molecule has 7 rings (SSSR count). The van der Waals surface area contributed by atoms with E-state index in [-0.39, 0.29) is 29.6 Å². The van der Waals surface area contributed by atoms with Crippen molar-refractivity contribution in [2.75, 3.05) is 77.2 Å². The summed E-state index contributed by atoms with van der Waals surface area (Å²) in [5.74, 6) is -0.0154. The Morgan fingerprint density at radius 2 is 1.77 bits per heavy atom. The van der Waals surface area contributed by atoms with Crippen LogP contribution in [0.25, 0.3) is 10.8 Å². The van der Waals surface area contributed by atoms with Crippen LogP contribution in [-0.2, 0) is 16.1 Å². The number of carbonyl (C=O) groups is 2. The van der Waals surface area contributed by atoms with Gasteiger partial charge in [-0.15, -0.1) is 0 Å². The molecule has 4 aliphatic rings. The first kappa shape index (κ1) is 27.9. The van der Waals surface area contributed by atoms with E-state index in [1.165, 1.54) is 4.90 Å². The molecule has 43 heavy (non-hydrogen) atoms. The molecule has 3 atom stereocenters. The Bertz CT molecular complexity index is 1570. The molecule has 0 bridgehead atoms. The standard InChI is InChI=1S/C33H40N6O4/c1-35(2)28-10-8-26(24-5-3-4-6-25(24)28)29-18-23-20-37(19-22-7-9-27(34)30(40)17-22)21-33(23)31(41)38(32(42)39(29)33)12-11-36-13-15-43-16-14-36/h3-10,17,23,29,40H,11-16,18-21,34H2,1-2H3. The maximum Gasteiger partial charge on any atom is 0.328 e. The molecular weight excluding hydrogens is 544 g/mol. The lowest BCUT2D eigenvalue weighted by Gasteiger charge is -2.32. The number of ether oxygens (including phenoxy) is 1. The Morgan fingerprint density at radius 1 is 1.00 bits per heavy atom. The van der Waals surface area contributed by atoms with Gasteiger partial charge in [0.1, 0.15) is 11.3 Å². The first-order valence-electron chi connectivity index (χ1n) is 15.2. The van der Waals surface area contributed by atoms with E-state index in [2.05, 4.69) is 45.0 Å². The van der Waals surface area contributed by atoms with E-state index < -0.39 is 5.54 Å². The predicted molar refractivity (Wildman–Crippen MR) is 166 cm³/mol. The van der Waals surface area contributed by atoms with Crippen LogP contribution in [-0.4, -0.2) is 109 Å². The number of fused-ring (bicyclic) bond motifs is 1. The normalized spacial score (nSPS) is 26.0. The third kappa shape index (κ3) is 4.51. The lowest BCUT2D eigenvalue weighted by atomic mass is 9.87. The Hall–Kier alpha value is -3.86. The third-order valence-electron chi connectivity index (χ3n) is 9.94. The number of benzene rings is 3. The summed E-state index contributed by atoms with van der Waals surface area (Å²) in [7, 11) is 4.08. The number of nitrogens with zero attached hydrogens (tertiary/aromatic N) is 5. The third-order valence-corrected chi connectivity index (χ3v) is 9.94. The highest BCUT2D eigenvalue weighted by Crippen LogP contribution is 2.56. The number of imide groups is 1. The number of aromatic hydroxyl groups is 1. The second-order valence-corrected chi connectivity index (χ2v) is 12.6. The summed E-state index contributed by atoms with van der Waals surface area (Å²) in [4.78, 5) is 38.9. The van der Waals surface area contributed by atoms with Crippen molar-refractivity contribution in [2.45, 2.75) is 24.5 Å². The van der Waals surface area contributed by atoms with Crippen LogP contribution in [0.5, 0.6) is 5.75 Å². The van der Waals surface area contributed by atoms with E-state index in [1.807, 2.05) is 31.1 Å². The number of phenols is 1. The first-order chi connectivity index (χ1) is 20.8. The van der Waals surface area contributed by atoms with Gasteiger partial charge in [0.2, 0.25) is 0 Å². The second-order valence-electron chi connectivity index (χ2n) is 12.6. The largest absolute Gasteiger partial charge is 0.506 e. The number of hydrogen-bond donors (Lipinski definition) is 2. The lowest BCUT2D eigenvalue weighted by molar-refractivity contribution is -0.133. The number of nitrogen functional groups attached to an aromatic ring is 1. The zero-order chi connectivity index (χ0) is 29.9. The second kappa shape index (κ2) is 10.7. The van der Waals surface area contributed by atoms with Gasteiger partial charge in [-0.3, -0.25) is 19.5 Å². The van der Waals surface area contributed by atoms with Gasteiger partial charge in [-0.05, 0) is 41.1 Å². The van der Waals surface area contributed by atoms with Gasteiger partial charge in [0.25, 0.3) is 5.91 Å². The molecule has 226 valence electrons. The SMILES string of the molecule is CN(C)c1ccc(C2CC3CN(Cc4ccc(N)c(O)c4)CC34C(=O)N(CCN3CCOCC3)C(=O)N24)c2ccccc12. The molecule has 3 amide bonds. The van der Waals surface area contributed by atoms with Crippen LogP contribution in [0, 0.1) is 5.92 Å². The Kier molecular flexibility index (Phi) is 6.95. The summed E-state index contributed by atoms with van der Waals surface area (Å²) in [6.45, 7) is 5.72. The minimum absolute atomic E-state index is 0.00278. The van der Waals surface area contributed by atoms with Gasteiger partial charge in [-0.25, -0.2) is 4.79 Å². The van der Waals surface area contributed by atoms with Gasteiger partial charge in [0.05, 0.1) is 24.9 Å². The van der Waals surface area contributed by atoms with Crippen molar-refractivity contribution >= 4 is 34.1 Å². The zero-order valence-electron chi connectivity index (χ0n) is 24.9. The molecule has 4 fully saturated rings.